The van der Waals surface area contributed by atoms with Crippen LogP contribution in [-0.2, 0) is 9.59 Å². The number of amides is 4. The van der Waals surface area contributed by atoms with Gasteiger partial charge in [-0.25, -0.2) is 9.69 Å². The molecule has 2 aromatic carbocycles. The fourth-order valence-corrected chi connectivity index (χ4v) is 2.58. The standard InChI is InChI=1S/C18H13ClN2O3/c1-11-7-8-13(19)10-15(11)21-17(23)14(16(22)20-18(21)24)9-12-5-3-2-4-6-12/h2-10H,1H3,(H,20,22,24)/b14-9+. The van der Waals surface area contributed by atoms with Gasteiger partial charge in [-0.05, 0) is 36.3 Å². The number of rotatable bonds is 2. The second-order valence-electron chi connectivity index (χ2n) is 5.30. The summed E-state index contributed by atoms with van der Waals surface area (Å²) in [4.78, 5) is 37.9. The normalized spacial score (nSPS) is 16.5. The minimum absolute atomic E-state index is 0.111. The van der Waals surface area contributed by atoms with Gasteiger partial charge in [-0.1, -0.05) is 48.0 Å². The average molecular weight is 341 g/mol. The molecule has 1 saturated heterocycles. The summed E-state index contributed by atoms with van der Waals surface area (Å²) >= 11 is 5.98. The summed E-state index contributed by atoms with van der Waals surface area (Å²) in [6.45, 7) is 1.75. The molecule has 6 heteroatoms. The molecule has 1 fully saturated rings. The predicted molar refractivity (Wildman–Crippen MR) is 91.6 cm³/mol. The summed E-state index contributed by atoms with van der Waals surface area (Å²) in [7, 11) is 0. The third kappa shape index (κ3) is 2.94. The minimum Gasteiger partial charge on any atom is -0.273 e. The van der Waals surface area contributed by atoms with Crippen LogP contribution in [0.15, 0.2) is 54.1 Å². The molecule has 1 heterocycles. The largest absolute Gasteiger partial charge is 0.335 e. The molecule has 0 atom stereocenters. The number of carbonyl (C=O) groups is 3. The van der Waals surface area contributed by atoms with E-state index in [9.17, 15) is 14.4 Å². The zero-order chi connectivity index (χ0) is 17.3. The van der Waals surface area contributed by atoms with Gasteiger partial charge in [0, 0.05) is 5.02 Å². The number of hydrogen-bond donors (Lipinski definition) is 1. The number of barbiturate groups is 1. The van der Waals surface area contributed by atoms with Crippen molar-refractivity contribution >= 4 is 41.2 Å². The van der Waals surface area contributed by atoms with Gasteiger partial charge in [0.15, 0.2) is 0 Å². The van der Waals surface area contributed by atoms with E-state index in [1.54, 1.807) is 43.3 Å². The SMILES string of the molecule is Cc1ccc(Cl)cc1N1C(=O)NC(=O)/C(=C\c2ccccc2)C1=O. The number of urea groups is 1. The third-order valence-electron chi connectivity index (χ3n) is 3.62. The summed E-state index contributed by atoms with van der Waals surface area (Å²) < 4.78 is 0. The highest BCUT2D eigenvalue weighted by atomic mass is 35.5. The third-order valence-corrected chi connectivity index (χ3v) is 3.86. The summed E-state index contributed by atoms with van der Waals surface area (Å²) in [5.74, 6) is -1.40. The van der Waals surface area contributed by atoms with E-state index >= 15 is 0 Å². The first kappa shape index (κ1) is 16.0. The van der Waals surface area contributed by atoms with Gasteiger partial charge in [0.1, 0.15) is 5.57 Å². The Kier molecular flexibility index (Phi) is 4.18. The topological polar surface area (TPSA) is 66.5 Å². The van der Waals surface area contributed by atoms with Crippen molar-refractivity contribution in [2.75, 3.05) is 4.90 Å². The van der Waals surface area contributed by atoms with Crippen LogP contribution in [0, 0.1) is 6.92 Å². The Labute approximate surface area is 143 Å². The highest BCUT2D eigenvalue weighted by molar-refractivity contribution is 6.39. The molecular weight excluding hydrogens is 328 g/mol. The van der Waals surface area contributed by atoms with Gasteiger partial charge < -0.3 is 0 Å². The lowest BCUT2D eigenvalue weighted by atomic mass is 10.1. The zero-order valence-corrected chi connectivity index (χ0v) is 13.5. The number of benzene rings is 2. The number of nitrogens with one attached hydrogen (secondary N) is 1. The summed E-state index contributed by atoms with van der Waals surface area (Å²) in [5, 5.41) is 2.58. The molecule has 0 aromatic heterocycles. The number of halogens is 1. The van der Waals surface area contributed by atoms with Crippen molar-refractivity contribution in [3.05, 3.63) is 70.3 Å². The van der Waals surface area contributed by atoms with Crippen LogP contribution in [-0.4, -0.2) is 17.8 Å². The number of imide groups is 2. The Morgan fingerprint density at radius 1 is 1.04 bits per heavy atom. The van der Waals surface area contributed by atoms with Crippen LogP contribution in [0.2, 0.25) is 5.02 Å². The maximum atomic E-state index is 12.7. The second-order valence-corrected chi connectivity index (χ2v) is 5.74. The number of hydrogen-bond acceptors (Lipinski definition) is 3. The first-order chi connectivity index (χ1) is 11.5. The Morgan fingerprint density at radius 3 is 2.46 bits per heavy atom. The maximum absolute atomic E-state index is 12.7. The van der Waals surface area contributed by atoms with Gasteiger partial charge in [0.05, 0.1) is 5.69 Å². The Bertz CT molecular complexity index is 875. The number of aryl methyl sites for hydroxylation is 1. The lowest BCUT2D eigenvalue weighted by molar-refractivity contribution is -0.122. The van der Waals surface area contributed by atoms with E-state index in [0.29, 0.717) is 21.8 Å². The zero-order valence-electron chi connectivity index (χ0n) is 12.7. The number of nitrogens with zero attached hydrogens (tertiary/aromatic N) is 1. The molecule has 24 heavy (non-hydrogen) atoms. The van der Waals surface area contributed by atoms with Crippen LogP contribution in [0.25, 0.3) is 6.08 Å². The molecule has 0 aliphatic carbocycles. The molecule has 0 unspecified atom stereocenters. The Hall–Kier alpha value is -2.92. The molecule has 3 rings (SSSR count). The quantitative estimate of drug-likeness (QED) is 0.673. The minimum atomic E-state index is -0.791. The van der Waals surface area contributed by atoms with E-state index in [1.165, 1.54) is 12.1 Å². The van der Waals surface area contributed by atoms with E-state index in [-0.39, 0.29) is 5.57 Å². The lowest BCUT2D eigenvalue weighted by Gasteiger charge is -2.27. The van der Waals surface area contributed by atoms with Crippen LogP contribution < -0.4 is 10.2 Å². The van der Waals surface area contributed by atoms with Gasteiger partial charge >= 0.3 is 6.03 Å². The number of anilines is 1. The van der Waals surface area contributed by atoms with Crippen LogP contribution in [0.4, 0.5) is 10.5 Å². The van der Waals surface area contributed by atoms with E-state index < -0.39 is 17.8 Å². The van der Waals surface area contributed by atoms with Gasteiger partial charge in [0.25, 0.3) is 11.8 Å². The van der Waals surface area contributed by atoms with Crippen molar-refractivity contribution in [2.24, 2.45) is 0 Å². The molecule has 0 spiro atoms. The fourth-order valence-electron chi connectivity index (χ4n) is 2.42. The lowest BCUT2D eigenvalue weighted by Crippen LogP contribution is -2.54. The fraction of sp³-hybridized carbons (Fsp3) is 0.0556. The van der Waals surface area contributed by atoms with Gasteiger partial charge in [-0.2, -0.15) is 0 Å². The summed E-state index contributed by atoms with van der Waals surface area (Å²) in [6.07, 6.45) is 1.46. The van der Waals surface area contributed by atoms with Crippen molar-refractivity contribution < 1.29 is 14.4 Å². The smallest absolute Gasteiger partial charge is 0.273 e. The molecule has 0 saturated carbocycles. The Balaban J connectivity index is 2.07. The number of carbonyl (C=O) groups excluding carboxylic acids is 3. The molecule has 5 nitrogen and oxygen atoms in total. The molecule has 0 bridgehead atoms. The van der Waals surface area contributed by atoms with Crippen molar-refractivity contribution in [1.29, 1.82) is 0 Å². The summed E-state index contributed by atoms with van der Waals surface area (Å²) in [5.41, 5.74) is 1.61. The van der Waals surface area contributed by atoms with Gasteiger partial charge in [-0.3, -0.25) is 14.9 Å². The van der Waals surface area contributed by atoms with Crippen LogP contribution in [0.1, 0.15) is 11.1 Å². The van der Waals surface area contributed by atoms with Crippen LogP contribution >= 0.6 is 11.6 Å². The van der Waals surface area contributed by atoms with Crippen LogP contribution in [0.3, 0.4) is 0 Å². The monoisotopic (exact) mass is 340 g/mol. The van der Waals surface area contributed by atoms with E-state index in [1.807, 2.05) is 6.07 Å². The average Bonchev–Trinajstić information content (AvgIpc) is 2.55. The van der Waals surface area contributed by atoms with Crippen molar-refractivity contribution in [1.82, 2.24) is 5.32 Å². The van der Waals surface area contributed by atoms with Crippen molar-refractivity contribution in [3.8, 4) is 0 Å². The van der Waals surface area contributed by atoms with E-state index in [2.05, 4.69) is 5.32 Å². The Morgan fingerprint density at radius 2 is 1.75 bits per heavy atom. The van der Waals surface area contributed by atoms with Gasteiger partial charge in [-0.15, -0.1) is 0 Å². The molecule has 4 amide bonds. The van der Waals surface area contributed by atoms with Crippen molar-refractivity contribution in [2.45, 2.75) is 6.92 Å². The van der Waals surface area contributed by atoms with E-state index in [4.69, 9.17) is 11.6 Å². The molecule has 1 aliphatic rings. The predicted octanol–water partition coefficient (Wildman–Crippen LogP) is 3.31. The molecule has 0 radical (unpaired) electrons. The maximum Gasteiger partial charge on any atom is 0.335 e. The highest BCUT2D eigenvalue weighted by Gasteiger charge is 2.37. The van der Waals surface area contributed by atoms with Crippen molar-refractivity contribution in [3.63, 3.8) is 0 Å². The molecule has 1 N–H and O–H groups in total. The van der Waals surface area contributed by atoms with E-state index in [0.717, 1.165) is 4.90 Å². The summed E-state index contributed by atoms with van der Waals surface area (Å²) in [6, 6.07) is 13.0. The molecular formula is C18H13ClN2O3. The molecule has 1 aliphatic heterocycles. The first-order valence-electron chi connectivity index (χ1n) is 7.20. The molecule has 2 aromatic rings. The highest BCUT2D eigenvalue weighted by Crippen LogP contribution is 2.27. The van der Waals surface area contributed by atoms with Crippen LogP contribution in [0.5, 0.6) is 0 Å². The first-order valence-corrected chi connectivity index (χ1v) is 7.58. The molecule has 120 valence electrons. The van der Waals surface area contributed by atoms with Gasteiger partial charge in [0.2, 0.25) is 0 Å². The second kappa shape index (κ2) is 6.29.